The minimum Gasteiger partial charge on any atom is -0.451 e. The van der Waals surface area contributed by atoms with E-state index in [1.54, 1.807) is 0 Å². The number of benzene rings is 1. The number of ether oxygens (including phenoxy) is 1. The monoisotopic (exact) mass is 387 g/mol. The van der Waals surface area contributed by atoms with E-state index in [4.69, 9.17) is 4.74 Å². The van der Waals surface area contributed by atoms with Crippen molar-refractivity contribution in [1.82, 2.24) is 14.9 Å². The van der Waals surface area contributed by atoms with Crippen molar-refractivity contribution in [3.63, 3.8) is 0 Å². The highest BCUT2D eigenvalue weighted by Gasteiger charge is 2.33. The molecule has 0 aromatic heterocycles. The lowest BCUT2D eigenvalue weighted by molar-refractivity contribution is -0.158. The highest BCUT2D eigenvalue weighted by molar-refractivity contribution is 7.89. The second-order valence-corrected chi connectivity index (χ2v) is 7.31. The van der Waals surface area contributed by atoms with Crippen LogP contribution < -0.4 is 10.0 Å². The number of esters is 1. The van der Waals surface area contributed by atoms with E-state index in [2.05, 4.69) is 10.0 Å². The number of carbonyl (C=O) groups excluding carboxylic acids is 3. The summed E-state index contributed by atoms with van der Waals surface area (Å²) < 4.78 is 44.2. The van der Waals surface area contributed by atoms with Crippen LogP contribution in [0.2, 0.25) is 0 Å². The normalized spacial score (nSPS) is 16.7. The molecule has 26 heavy (non-hydrogen) atoms. The maximum atomic E-state index is 12.9. The number of halogens is 1. The minimum atomic E-state index is -4.08. The lowest BCUT2D eigenvalue weighted by Gasteiger charge is -2.20. The van der Waals surface area contributed by atoms with Crippen LogP contribution in [0.5, 0.6) is 0 Å². The van der Waals surface area contributed by atoms with Gasteiger partial charge < -0.3 is 10.1 Å². The van der Waals surface area contributed by atoms with Gasteiger partial charge in [-0.15, -0.1) is 0 Å². The van der Waals surface area contributed by atoms with Crippen molar-refractivity contribution in [1.29, 1.82) is 0 Å². The van der Waals surface area contributed by atoms with Crippen LogP contribution in [0.1, 0.15) is 13.8 Å². The van der Waals surface area contributed by atoms with Crippen LogP contribution in [-0.2, 0) is 24.3 Å². The summed E-state index contributed by atoms with van der Waals surface area (Å²) in [5.41, 5.74) is 0. The van der Waals surface area contributed by atoms with E-state index < -0.39 is 45.9 Å². The summed E-state index contributed by atoms with van der Waals surface area (Å²) in [7, 11) is -4.08. The number of urea groups is 1. The summed E-state index contributed by atoms with van der Waals surface area (Å²) in [5, 5.41) is 2.44. The van der Waals surface area contributed by atoms with Gasteiger partial charge in [0.05, 0.1) is 4.90 Å². The predicted molar refractivity (Wildman–Crippen MR) is 86.8 cm³/mol. The fourth-order valence-electron chi connectivity index (χ4n) is 2.19. The Morgan fingerprint density at radius 2 is 1.88 bits per heavy atom. The Bertz CT molecular complexity index is 811. The number of nitrogens with one attached hydrogen (secondary N) is 2. The Balaban J connectivity index is 1.97. The van der Waals surface area contributed by atoms with Crippen molar-refractivity contribution in [2.24, 2.45) is 0 Å². The van der Waals surface area contributed by atoms with Gasteiger partial charge in [-0.25, -0.2) is 17.6 Å². The lowest BCUT2D eigenvalue weighted by atomic mass is 10.3. The Kier molecular flexibility index (Phi) is 5.93. The standard InChI is InChI=1S/C15H18FN3O6S/c1-9(18-26(23,24)12-5-3-11(16)4-6-12)14(21)25-10(2)13(20)19-8-7-17-15(19)22/h3-6,9-10,18H,7-8H2,1-2H3,(H,17,22)/t9-,10+/m0/s1. The van der Waals surface area contributed by atoms with Crippen molar-refractivity contribution in [3.05, 3.63) is 30.1 Å². The summed E-state index contributed by atoms with van der Waals surface area (Å²) in [6.07, 6.45) is -1.26. The first-order valence-corrected chi connectivity index (χ1v) is 9.18. The van der Waals surface area contributed by atoms with E-state index in [0.717, 1.165) is 29.2 Å². The van der Waals surface area contributed by atoms with E-state index in [0.29, 0.717) is 6.54 Å². The molecular formula is C15H18FN3O6S. The lowest BCUT2D eigenvalue weighted by Crippen LogP contribution is -2.45. The van der Waals surface area contributed by atoms with E-state index in [1.807, 2.05) is 0 Å². The molecule has 9 nitrogen and oxygen atoms in total. The van der Waals surface area contributed by atoms with Gasteiger partial charge in [-0.1, -0.05) is 0 Å². The molecule has 1 aliphatic heterocycles. The molecule has 0 bridgehead atoms. The summed E-state index contributed by atoms with van der Waals surface area (Å²) in [6, 6.07) is 2.16. The summed E-state index contributed by atoms with van der Waals surface area (Å²) in [4.78, 5) is 36.2. The number of hydrogen-bond donors (Lipinski definition) is 2. The highest BCUT2D eigenvalue weighted by atomic mass is 32.2. The van der Waals surface area contributed by atoms with Gasteiger partial charge in [0.25, 0.3) is 5.91 Å². The number of hydrogen-bond acceptors (Lipinski definition) is 6. The fourth-order valence-corrected chi connectivity index (χ4v) is 3.38. The van der Waals surface area contributed by atoms with Crippen LogP contribution in [0.4, 0.5) is 9.18 Å². The van der Waals surface area contributed by atoms with Crippen molar-refractivity contribution in [2.45, 2.75) is 30.9 Å². The third-order valence-electron chi connectivity index (χ3n) is 3.57. The topological polar surface area (TPSA) is 122 Å². The van der Waals surface area contributed by atoms with Crippen LogP contribution >= 0.6 is 0 Å². The van der Waals surface area contributed by atoms with Crippen LogP contribution in [0, 0.1) is 5.82 Å². The molecule has 0 unspecified atom stereocenters. The number of imide groups is 1. The molecular weight excluding hydrogens is 369 g/mol. The van der Waals surface area contributed by atoms with Gasteiger partial charge in [0.1, 0.15) is 11.9 Å². The molecule has 1 fully saturated rings. The van der Waals surface area contributed by atoms with Gasteiger partial charge in [-0.05, 0) is 38.1 Å². The third kappa shape index (κ3) is 4.55. The summed E-state index contributed by atoms with van der Waals surface area (Å²) in [5.74, 6) is -2.30. The average molecular weight is 387 g/mol. The zero-order chi connectivity index (χ0) is 19.5. The van der Waals surface area contributed by atoms with Crippen molar-refractivity contribution >= 4 is 27.9 Å². The van der Waals surface area contributed by atoms with E-state index >= 15 is 0 Å². The molecule has 0 spiro atoms. The van der Waals surface area contributed by atoms with Crippen LogP contribution in [-0.4, -0.2) is 56.5 Å². The molecule has 1 saturated heterocycles. The molecule has 1 aliphatic rings. The second kappa shape index (κ2) is 7.79. The maximum Gasteiger partial charge on any atom is 0.324 e. The number of sulfonamides is 1. The van der Waals surface area contributed by atoms with Crippen LogP contribution in [0.15, 0.2) is 29.2 Å². The number of carbonyl (C=O) groups is 3. The minimum absolute atomic E-state index is 0.159. The van der Waals surface area contributed by atoms with Crippen LogP contribution in [0.3, 0.4) is 0 Å². The SMILES string of the molecule is C[C@H](NS(=O)(=O)c1ccc(F)cc1)C(=O)O[C@H](C)C(=O)N1CCNC1=O. The molecule has 1 heterocycles. The van der Waals surface area contributed by atoms with Gasteiger partial charge in [0.2, 0.25) is 10.0 Å². The molecule has 0 saturated carbocycles. The molecule has 11 heteroatoms. The Morgan fingerprint density at radius 1 is 1.27 bits per heavy atom. The molecule has 1 aromatic rings. The fraction of sp³-hybridized carbons (Fsp3) is 0.400. The van der Waals surface area contributed by atoms with E-state index in [9.17, 15) is 27.2 Å². The molecule has 2 N–H and O–H groups in total. The van der Waals surface area contributed by atoms with Crippen LogP contribution in [0.25, 0.3) is 0 Å². The molecule has 1 aromatic carbocycles. The first-order valence-electron chi connectivity index (χ1n) is 7.69. The molecule has 0 radical (unpaired) electrons. The highest BCUT2D eigenvalue weighted by Crippen LogP contribution is 2.11. The first-order chi connectivity index (χ1) is 12.1. The van der Waals surface area contributed by atoms with Gasteiger partial charge in [-0.2, -0.15) is 4.72 Å². The predicted octanol–water partition coefficient (Wildman–Crippen LogP) is -0.0240. The summed E-state index contributed by atoms with van der Waals surface area (Å²) >= 11 is 0. The van der Waals surface area contributed by atoms with Gasteiger partial charge >= 0.3 is 12.0 Å². The van der Waals surface area contributed by atoms with Crippen molar-refractivity contribution in [2.75, 3.05) is 13.1 Å². The number of amides is 3. The van der Waals surface area contributed by atoms with Crippen molar-refractivity contribution < 1.29 is 31.9 Å². The second-order valence-electron chi connectivity index (χ2n) is 5.60. The smallest absolute Gasteiger partial charge is 0.324 e. The molecule has 2 rings (SSSR count). The number of rotatable bonds is 6. The molecule has 142 valence electrons. The van der Waals surface area contributed by atoms with Gasteiger partial charge in [0, 0.05) is 13.1 Å². The van der Waals surface area contributed by atoms with E-state index in [1.165, 1.54) is 13.8 Å². The Hall–Kier alpha value is -2.53. The van der Waals surface area contributed by atoms with Crippen molar-refractivity contribution in [3.8, 4) is 0 Å². The molecule has 0 aliphatic carbocycles. The third-order valence-corrected chi connectivity index (χ3v) is 5.13. The molecule has 3 amide bonds. The Labute approximate surface area is 149 Å². The molecule has 2 atom stereocenters. The maximum absolute atomic E-state index is 12.9. The largest absolute Gasteiger partial charge is 0.451 e. The van der Waals surface area contributed by atoms with Gasteiger partial charge in [-0.3, -0.25) is 14.5 Å². The quantitative estimate of drug-likeness (QED) is 0.662. The number of nitrogens with zero attached hydrogens (tertiary/aromatic N) is 1. The van der Waals surface area contributed by atoms with Gasteiger partial charge in [0.15, 0.2) is 6.10 Å². The zero-order valence-corrected chi connectivity index (χ0v) is 14.9. The first kappa shape index (κ1) is 19.8. The van der Waals surface area contributed by atoms with E-state index in [-0.39, 0.29) is 11.4 Å². The zero-order valence-electron chi connectivity index (χ0n) is 14.1. The summed E-state index contributed by atoms with van der Waals surface area (Å²) in [6.45, 7) is 2.99. The Morgan fingerprint density at radius 3 is 2.42 bits per heavy atom. The average Bonchev–Trinajstić information content (AvgIpc) is 3.00.